The van der Waals surface area contributed by atoms with Crippen LogP contribution in [0.5, 0.6) is 11.5 Å². The van der Waals surface area contributed by atoms with Crippen molar-refractivity contribution >= 4 is 16.9 Å². The Morgan fingerprint density at radius 1 is 0.800 bits per heavy atom. The Morgan fingerprint density at radius 2 is 1.37 bits per heavy atom. The molecular formula is C25H23NO4. The molecule has 0 aliphatic rings. The van der Waals surface area contributed by atoms with Gasteiger partial charge in [0.05, 0.1) is 26.9 Å². The number of nitrogens with one attached hydrogen (secondary N) is 1. The largest absolute Gasteiger partial charge is 0.497 e. The number of benzene rings is 3. The molecule has 1 aromatic heterocycles. The van der Waals surface area contributed by atoms with E-state index in [1.54, 1.807) is 20.3 Å². The predicted molar refractivity (Wildman–Crippen MR) is 117 cm³/mol. The van der Waals surface area contributed by atoms with E-state index in [1.807, 2.05) is 42.6 Å². The Labute approximate surface area is 175 Å². The second-order valence-electron chi connectivity index (χ2n) is 6.98. The van der Waals surface area contributed by atoms with Crippen molar-refractivity contribution in [2.24, 2.45) is 0 Å². The van der Waals surface area contributed by atoms with Crippen molar-refractivity contribution in [1.82, 2.24) is 4.98 Å². The van der Waals surface area contributed by atoms with E-state index in [0.29, 0.717) is 5.56 Å². The number of esters is 1. The number of methoxy groups -OCH3 is 3. The number of carbonyl (C=O) groups excluding carboxylic acids is 1. The molecule has 4 aromatic rings. The van der Waals surface area contributed by atoms with Gasteiger partial charge in [0.15, 0.2) is 0 Å². The maximum Gasteiger partial charge on any atom is 0.337 e. The van der Waals surface area contributed by atoms with Crippen LogP contribution in [0.4, 0.5) is 0 Å². The molecule has 152 valence electrons. The quantitative estimate of drug-likeness (QED) is 0.454. The topological polar surface area (TPSA) is 60.6 Å². The summed E-state index contributed by atoms with van der Waals surface area (Å²) in [5.74, 6) is 1.22. The van der Waals surface area contributed by atoms with Gasteiger partial charge in [-0.1, -0.05) is 24.3 Å². The first-order valence-electron chi connectivity index (χ1n) is 9.62. The lowest BCUT2D eigenvalue weighted by Crippen LogP contribution is -2.04. The molecular weight excluding hydrogens is 378 g/mol. The summed E-state index contributed by atoms with van der Waals surface area (Å²) in [7, 11) is 4.70. The highest BCUT2D eigenvalue weighted by Crippen LogP contribution is 2.37. The zero-order valence-corrected chi connectivity index (χ0v) is 17.1. The van der Waals surface area contributed by atoms with Crippen molar-refractivity contribution in [1.29, 1.82) is 0 Å². The van der Waals surface area contributed by atoms with Crippen LogP contribution < -0.4 is 9.47 Å². The first kappa shape index (κ1) is 19.6. The Hall–Kier alpha value is -3.73. The summed E-state index contributed by atoms with van der Waals surface area (Å²) < 4.78 is 15.6. The Balaban J connectivity index is 1.89. The van der Waals surface area contributed by atoms with Crippen molar-refractivity contribution in [2.75, 3.05) is 21.3 Å². The van der Waals surface area contributed by atoms with E-state index in [9.17, 15) is 4.79 Å². The van der Waals surface area contributed by atoms with Gasteiger partial charge in [-0.3, -0.25) is 0 Å². The maximum atomic E-state index is 12.1. The molecule has 0 atom stereocenters. The first-order chi connectivity index (χ1) is 14.6. The van der Waals surface area contributed by atoms with Crippen molar-refractivity contribution in [3.63, 3.8) is 0 Å². The van der Waals surface area contributed by atoms with Gasteiger partial charge in [0, 0.05) is 23.0 Å². The molecule has 0 saturated heterocycles. The van der Waals surface area contributed by atoms with Gasteiger partial charge in [0.25, 0.3) is 0 Å². The van der Waals surface area contributed by atoms with Crippen molar-refractivity contribution in [3.05, 3.63) is 95.2 Å². The predicted octanol–water partition coefficient (Wildman–Crippen LogP) is 5.15. The highest BCUT2D eigenvalue weighted by atomic mass is 16.5. The highest BCUT2D eigenvalue weighted by Gasteiger charge is 2.21. The summed E-state index contributed by atoms with van der Waals surface area (Å²) in [6.07, 6.45) is 2.00. The lowest BCUT2D eigenvalue weighted by molar-refractivity contribution is 0.0601. The standard InChI is InChI=1S/C25H23NO4/c1-28-19-9-4-16(5-10-19)24(17-6-11-20(29-2)12-7-17)22-15-26-23-13-8-18(14-21(22)23)25(27)30-3/h4-15,24,26H,1-3H3. The number of hydrogen-bond donors (Lipinski definition) is 1. The van der Waals surface area contributed by atoms with Gasteiger partial charge in [-0.2, -0.15) is 0 Å². The number of aromatic amines is 1. The van der Waals surface area contributed by atoms with E-state index < -0.39 is 0 Å². The average molecular weight is 401 g/mol. The molecule has 0 amide bonds. The minimum absolute atomic E-state index is 0.0385. The second kappa shape index (κ2) is 8.33. The molecule has 0 radical (unpaired) electrons. The van der Waals surface area contributed by atoms with Gasteiger partial charge in [-0.15, -0.1) is 0 Å². The Bertz CT molecular complexity index is 1110. The van der Waals surface area contributed by atoms with Crippen LogP contribution in [-0.4, -0.2) is 32.3 Å². The minimum Gasteiger partial charge on any atom is -0.497 e. The van der Waals surface area contributed by atoms with Crippen LogP contribution in [0.2, 0.25) is 0 Å². The van der Waals surface area contributed by atoms with Crippen LogP contribution >= 0.6 is 0 Å². The molecule has 30 heavy (non-hydrogen) atoms. The van der Waals surface area contributed by atoms with Crippen LogP contribution in [0.1, 0.15) is 33.0 Å². The number of ether oxygens (including phenoxy) is 3. The third-order valence-corrected chi connectivity index (χ3v) is 5.34. The van der Waals surface area contributed by atoms with Gasteiger partial charge in [0.2, 0.25) is 0 Å². The third-order valence-electron chi connectivity index (χ3n) is 5.34. The molecule has 0 aliphatic carbocycles. The van der Waals surface area contributed by atoms with Gasteiger partial charge >= 0.3 is 5.97 Å². The number of fused-ring (bicyclic) bond motifs is 1. The summed E-state index contributed by atoms with van der Waals surface area (Å²) >= 11 is 0. The monoisotopic (exact) mass is 401 g/mol. The molecule has 4 rings (SSSR count). The third kappa shape index (κ3) is 3.62. The SMILES string of the molecule is COC(=O)c1ccc2[nH]cc(C(c3ccc(OC)cc3)c3ccc(OC)cc3)c2c1. The molecule has 1 N–H and O–H groups in total. The molecule has 0 unspecified atom stereocenters. The molecule has 0 bridgehead atoms. The number of rotatable bonds is 6. The summed E-state index contributed by atoms with van der Waals surface area (Å²) in [5.41, 5.74) is 4.79. The fourth-order valence-electron chi connectivity index (χ4n) is 3.77. The fraction of sp³-hybridized carbons (Fsp3) is 0.160. The van der Waals surface area contributed by atoms with Crippen LogP contribution in [-0.2, 0) is 4.74 Å². The number of H-pyrrole nitrogens is 1. The lowest BCUT2D eigenvalue weighted by atomic mass is 9.84. The fourth-order valence-corrected chi connectivity index (χ4v) is 3.77. The van der Waals surface area contributed by atoms with E-state index >= 15 is 0 Å². The molecule has 1 heterocycles. The van der Waals surface area contributed by atoms with E-state index in [2.05, 4.69) is 29.2 Å². The minimum atomic E-state index is -0.352. The van der Waals surface area contributed by atoms with Crippen LogP contribution in [0.25, 0.3) is 10.9 Å². The molecule has 3 aromatic carbocycles. The maximum absolute atomic E-state index is 12.1. The van der Waals surface area contributed by atoms with Crippen LogP contribution in [0, 0.1) is 0 Å². The number of hydrogen-bond acceptors (Lipinski definition) is 4. The van der Waals surface area contributed by atoms with Gasteiger partial charge < -0.3 is 19.2 Å². The Morgan fingerprint density at radius 3 is 1.87 bits per heavy atom. The van der Waals surface area contributed by atoms with Gasteiger partial charge in [-0.05, 0) is 59.2 Å². The molecule has 5 heteroatoms. The van der Waals surface area contributed by atoms with Crippen LogP contribution in [0.3, 0.4) is 0 Å². The lowest BCUT2D eigenvalue weighted by Gasteiger charge is -2.19. The first-order valence-corrected chi connectivity index (χ1v) is 9.62. The molecule has 0 saturated carbocycles. The molecule has 0 spiro atoms. The van der Waals surface area contributed by atoms with Gasteiger partial charge in [-0.25, -0.2) is 4.79 Å². The molecule has 5 nitrogen and oxygen atoms in total. The zero-order valence-electron chi connectivity index (χ0n) is 17.1. The van der Waals surface area contributed by atoms with Crippen LogP contribution in [0.15, 0.2) is 72.9 Å². The summed E-state index contributed by atoms with van der Waals surface area (Å²) in [6, 6.07) is 21.7. The molecule has 0 fully saturated rings. The number of aromatic nitrogens is 1. The number of carbonyl (C=O) groups is 1. The van der Waals surface area contributed by atoms with Crippen molar-refractivity contribution in [2.45, 2.75) is 5.92 Å². The highest BCUT2D eigenvalue weighted by molar-refractivity contribution is 5.96. The van der Waals surface area contributed by atoms with E-state index in [1.165, 1.54) is 7.11 Å². The summed E-state index contributed by atoms with van der Waals surface area (Å²) in [6.45, 7) is 0. The van der Waals surface area contributed by atoms with Crippen molar-refractivity contribution < 1.29 is 19.0 Å². The molecule has 0 aliphatic heterocycles. The average Bonchev–Trinajstić information content (AvgIpc) is 3.22. The van der Waals surface area contributed by atoms with E-state index in [0.717, 1.165) is 39.1 Å². The summed E-state index contributed by atoms with van der Waals surface area (Å²) in [4.78, 5) is 15.4. The smallest absolute Gasteiger partial charge is 0.337 e. The zero-order chi connectivity index (χ0) is 21.1. The summed E-state index contributed by atoms with van der Waals surface area (Å²) in [5, 5.41) is 0.981. The van der Waals surface area contributed by atoms with E-state index in [4.69, 9.17) is 14.2 Å². The second-order valence-corrected chi connectivity index (χ2v) is 6.98. The van der Waals surface area contributed by atoms with Gasteiger partial charge in [0.1, 0.15) is 11.5 Å². The normalized spacial score (nSPS) is 10.9. The van der Waals surface area contributed by atoms with Crippen molar-refractivity contribution in [3.8, 4) is 11.5 Å². The Kier molecular flexibility index (Phi) is 5.44. The van der Waals surface area contributed by atoms with E-state index in [-0.39, 0.29) is 11.9 Å².